The van der Waals surface area contributed by atoms with Gasteiger partial charge >= 0.3 is 0 Å². The Morgan fingerprint density at radius 2 is 1.75 bits per heavy atom. The molecule has 0 spiro atoms. The molecule has 0 fully saturated rings. The van der Waals surface area contributed by atoms with E-state index < -0.39 is 0 Å². The van der Waals surface area contributed by atoms with Crippen molar-refractivity contribution in [3.8, 4) is 0 Å². The number of hydrogen-bond acceptors (Lipinski definition) is 2. The summed E-state index contributed by atoms with van der Waals surface area (Å²) in [6.45, 7) is 3.02. The Labute approximate surface area is 82.4 Å². The van der Waals surface area contributed by atoms with Gasteiger partial charge in [-0.1, -0.05) is 12.8 Å². The first-order chi connectivity index (χ1) is 5.13. The van der Waals surface area contributed by atoms with Crippen molar-refractivity contribution < 1.29 is 5.11 Å². The third-order valence-corrected chi connectivity index (χ3v) is 1.73. The van der Waals surface area contributed by atoms with Gasteiger partial charge in [-0.05, 0) is 40.4 Å². The molecule has 0 aliphatic carbocycles. The highest BCUT2D eigenvalue weighted by Crippen LogP contribution is 2.02. The number of unbranched alkanes of at least 4 members (excludes halogenated alkanes) is 2. The number of aliphatic hydroxyl groups excluding tert-OH is 1. The van der Waals surface area contributed by atoms with Gasteiger partial charge in [0.25, 0.3) is 0 Å². The Morgan fingerprint density at radius 3 is 2.17 bits per heavy atom. The molecule has 0 rings (SSSR count). The molecule has 0 aromatic heterocycles. The fraction of sp³-hybridized carbons (Fsp3) is 1.00. The fourth-order valence-corrected chi connectivity index (χ4v) is 1.04. The van der Waals surface area contributed by atoms with Crippen molar-refractivity contribution in [2.75, 3.05) is 20.6 Å². The zero-order valence-corrected chi connectivity index (χ0v) is 9.23. The molecule has 12 heavy (non-hydrogen) atoms. The van der Waals surface area contributed by atoms with Crippen LogP contribution in [0.1, 0.15) is 32.6 Å². The number of hydrogen-bond donors (Lipinski definition) is 1. The van der Waals surface area contributed by atoms with Crippen molar-refractivity contribution in [3.05, 3.63) is 0 Å². The Kier molecular flexibility index (Phi) is 11.4. The maximum absolute atomic E-state index is 8.95. The van der Waals surface area contributed by atoms with E-state index in [-0.39, 0.29) is 18.5 Å². The number of nitrogens with zero attached hydrogens (tertiary/aromatic N) is 1. The van der Waals surface area contributed by atoms with Crippen molar-refractivity contribution in [2.45, 2.75) is 38.7 Å². The highest BCUT2D eigenvalue weighted by molar-refractivity contribution is 5.85. The third-order valence-electron chi connectivity index (χ3n) is 1.73. The van der Waals surface area contributed by atoms with Gasteiger partial charge in [0.2, 0.25) is 0 Å². The molecular formula is C9H22ClNO. The maximum Gasteiger partial charge on any atom is 0.0512 e. The van der Waals surface area contributed by atoms with Crippen LogP contribution in [0.15, 0.2) is 0 Å². The molecular weight excluding hydrogens is 174 g/mol. The van der Waals surface area contributed by atoms with Crippen LogP contribution in [0.4, 0.5) is 0 Å². The van der Waals surface area contributed by atoms with Crippen LogP contribution in [-0.2, 0) is 0 Å². The summed E-state index contributed by atoms with van der Waals surface area (Å²) in [6, 6.07) is 0. The van der Waals surface area contributed by atoms with E-state index in [9.17, 15) is 0 Å². The first kappa shape index (κ1) is 14.7. The Hall–Kier alpha value is 0.210. The van der Waals surface area contributed by atoms with Crippen molar-refractivity contribution in [1.82, 2.24) is 4.90 Å². The van der Waals surface area contributed by atoms with Crippen LogP contribution in [0.25, 0.3) is 0 Å². The lowest BCUT2D eigenvalue weighted by Gasteiger charge is -2.08. The van der Waals surface area contributed by atoms with Gasteiger partial charge in [0, 0.05) is 0 Å². The van der Waals surface area contributed by atoms with E-state index in [1.54, 1.807) is 0 Å². The van der Waals surface area contributed by atoms with E-state index in [1.165, 1.54) is 19.4 Å². The van der Waals surface area contributed by atoms with Gasteiger partial charge in [-0.2, -0.15) is 0 Å². The average molecular weight is 196 g/mol. The molecule has 1 N–H and O–H groups in total. The van der Waals surface area contributed by atoms with Crippen molar-refractivity contribution in [1.29, 1.82) is 0 Å². The fourth-order valence-electron chi connectivity index (χ4n) is 1.04. The molecule has 0 aromatic rings. The summed E-state index contributed by atoms with van der Waals surface area (Å²) in [5, 5.41) is 8.95. The van der Waals surface area contributed by atoms with E-state index in [0.29, 0.717) is 0 Å². The quantitative estimate of drug-likeness (QED) is 0.655. The Balaban J connectivity index is 0. The highest BCUT2D eigenvalue weighted by Gasteiger charge is 1.95. The van der Waals surface area contributed by atoms with E-state index in [1.807, 2.05) is 6.92 Å². The van der Waals surface area contributed by atoms with Gasteiger partial charge in [-0.15, -0.1) is 12.4 Å². The summed E-state index contributed by atoms with van der Waals surface area (Å²) in [7, 11) is 4.18. The molecule has 0 aliphatic heterocycles. The van der Waals surface area contributed by atoms with Gasteiger partial charge in [0.15, 0.2) is 0 Å². The summed E-state index contributed by atoms with van der Waals surface area (Å²) in [6.07, 6.45) is 4.48. The Bertz CT molecular complexity index is 76.6. The minimum atomic E-state index is -0.116. The second-order valence-electron chi connectivity index (χ2n) is 3.50. The molecule has 0 aliphatic rings. The van der Waals surface area contributed by atoms with Gasteiger partial charge in [0.1, 0.15) is 0 Å². The second-order valence-corrected chi connectivity index (χ2v) is 3.50. The SMILES string of the molecule is CC(O)CCCCCN(C)C.Cl. The first-order valence-electron chi connectivity index (χ1n) is 4.45. The van der Waals surface area contributed by atoms with E-state index in [4.69, 9.17) is 5.11 Å². The minimum absolute atomic E-state index is 0. The second kappa shape index (κ2) is 9.30. The highest BCUT2D eigenvalue weighted by atomic mass is 35.5. The Morgan fingerprint density at radius 1 is 1.17 bits per heavy atom. The van der Waals surface area contributed by atoms with Crippen LogP contribution in [0.3, 0.4) is 0 Å². The summed E-state index contributed by atoms with van der Waals surface area (Å²) < 4.78 is 0. The molecule has 3 heteroatoms. The number of aliphatic hydroxyl groups is 1. The smallest absolute Gasteiger partial charge is 0.0512 e. The third kappa shape index (κ3) is 12.8. The molecule has 1 atom stereocenters. The molecule has 0 radical (unpaired) electrons. The van der Waals surface area contributed by atoms with E-state index >= 15 is 0 Å². The van der Waals surface area contributed by atoms with Gasteiger partial charge in [-0.25, -0.2) is 0 Å². The van der Waals surface area contributed by atoms with Crippen molar-refractivity contribution >= 4 is 12.4 Å². The van der Waals surface area contributed by atoms with Crippen molar-refractivity contribution in [2.24, 2.45) is 0 Å². The molecule has 0 bridgehead atoms. The van der Waals surface area contributed by atoms with E-state index in [2.05, 4.69) is 19.0 Å². The summed E-state index contributed by atoms with van der Waals surface area (Å²) in [4.78, 5) is 2.20. The molecule has 76 valence electrons. The summed E-state index contributed by atoms with van der Waals surface area (Å²) in [5.74, 6) is 0. The largest absolute Gasteiger partial charge is 0.393 e. The van der Waals surface area contributed by atoms with Crippen LogP contribution < -0.4 is 0 Å². The van der Waals surface area contributed by atoms with Crippen molar-refractivity contribution in [3.63, 3.8) is 0 Å². The normalized spacial score (nSPS) is 12.8. The molecule has 0 saturated heterocycles. The van der Waals surface area contributed by atoms with Crippen LogP contribution in [0, 0.1) is 0 Å². The molecule has 0 heterocycles. The topological polar surface area (TPSA) is 23.5 Å². The van der Waals surface area contributed by atoms with E-state index in [0.717, 1.165) is 12.8 Å². The molecule has 1 unspecified atom stereocenters. The van der Waals surface area contributed by atoms with Gasteiger partial charge in [0.05, 0.1) is 6.10 Å². The summed E-state index contributed by atoms with van der Waals surface area (Å²) >= 11 is 0. The minimum Gasteiger partial charge on any atom is -0.393 e. The average Bonchev–Trinajstić information content (AvgIpc) is 1.85. The molecule has 2 nitrogen and oxygen atoms in total. The molecule has 0 aromatic carbocycles. The lowest BCUT2D eigenvalue weighted by atomic mass is 10.1. The predicted octanol–water partition coefficient (Wildman–Crippen LogP) is 1.91. The van der Waals surface area contributed by atoms with Gasteiger partial charge in [-0.3, -0.25) is 0 Å². The predicted molar refractivity (Wildman–Crippen MR) is 56.0 cm³/mol. The van der Waals surface area contributed by atoms with Crippen LogP contribution in [0.2, 0.25) is 0 Å². The maximum atomic E-state index is 8.95. The lowest BCUT2D eigenvalue weighted by molar-refractivity contribution is 0.180. The molecule has 0 saturated carbocycles. The van der Waals surface area contributed by atoms with Crippen LogP contribution >= 0.6 is 12.4 Å². The monoisotopic (exact) mass is 195 g/mol. The summed E-state index contributed by atoms with van der Waals surface area (Å²) in [5.41, 5.74) is 0. The zero-order valence-electron chi connectivity index (χ0n) is 8.42. The standard InChI is InChI=1S/C9H21NO.ClH/c1-9(11)7-5-4-6-8-10(2)3;/h9,11H,4-8H2,1-3H3;1H. The van der Waals surface area contributed by atoms with Crippen LogP contribution in [0.5, 0.6) is 0 Å². The zero-order chi connectivity index (χ0) is 8.69. The van der Waals surface area contributed by atoms with Crippen LogP contribution in [-0.4, -0.2) is 36.8 Å². The first-order valence-corrected chi connectivity index (χ1v) is 4.45. The lowest BCUT2D eigenvalue weighted by Crippen LogP contribution is -2.12. The van der Waals surface area contributed by atoms with Gasteiger partial charge < -0.3 is 10.0 Å². The number of rotatable bonds is 6. The molecule has 0 amide bonds. The number of halogens is 1.